The van der Waals surface area contributed by atoms with Crippen LogP contribution in [0, 0.1) is 0 Å². The number of amides is 2. The molecule has 2 amide bonds. The van der Waals surface area contributed by atoms with Crippen LogP contribution in [-0.4, -0.2) is 36.9 Å². The summed E-state index contributed by atoms with van der Waals surface area (Å²) in [6, 6.07) is 9.73. The van der Waals surface area contributed by atoms with Gasteiger partial charge in [-0.25, -0.2) is 4.79 Å². The van der Waals surface area contributed by atoms with Gasteiger partial charge in [-0.05, 0) is 19.4 Å². The molecule has 0 aliphatic heterocycles. The van der Waals surface area contributed by atoms with Crippen molar-refractivity contribution in [2.75, 3.05) is 19.7 Å². The topological polar surface area (TPSA) is 67.4 Å². The molecule has 5 nitrogen and oxygen atoms in total. The van der Waals surface area contributed by atoms with E-state index in [-0.39, 0.29) is 23.9 Å². The maximum Gasteiger partial charge on any atom is 0.318 e. The summed E-state index contributed by atoms with van der Waals surface area (Å²) in [7, 11) is 0. The normalized spacial score (nSPS) is 11.5. The van der Waals surface area contributed by atoms with Crippen LogP contribution in [0.15, 0.2) is 30.3 Å². The lowest BCUT2D eigenvalue weighted by molar-refractivity contribution is -0.142. The minimum Gasteiger partial charge on any atom is -0.463 e. The van der Waals surface area contributed by atoms with Crippen LogP contribution in [0.4, 0.5) is 4.79 Å². The van der Waals surface area contributed by atoms with E-state index in [1.807, 2.05) is 44.2 Å². The highest BCUT2D eigenvalue weighted by Crippen LogP contribution is 2.18. The largest absolute Gasteiger partial charge is 0.463 e. The molecule has 0 radical (unpaired) electrons. The van der Waals surface area contributed by atoms with Gasteiger partial charge in [-0.1, -0.05) is 30.3 Å². The maximum absolute atomic E-state index is 11.8. The van der Waals surface area contributed by atoms with Gasteiger partial charge in [0.05, 0.1) is 11.8 Å². The number of rotatable bonds is 8. The van der Waals surface area contributed by atoms with Gasteiger partial charge in [0.25, 0.3) is 0 Å². The molecule has 0 aromatic heterocycles. The smallest absolute Gasteiger partial charge is 0.318 e. The third kappa shape index (κ3) is 7.60. The molecule has 2 N–H and O–H groups in total. The molecule has 1 aromatic rings. The van der Waals surface area contributed by atoms with Gasteiger partial charge >= 0.3 is 12.0 Å². The zero-order valence-electron chi connectivity index (χ0n) is 12.4. The van der Waals surface area contributed by atoms with Gasteiger partial charge in [-0.2, -0.15) is 0 Å². The molecule has 0 aliphatic rings. The number of ether oxygens (including phenoxy) is 1. The molecule has 0 saturated heterocycles. The van der Waals surface area contributed by atoms with Crippen molar-refractivity contribution >= 4 is 23.8 Å². The van der Waals surface area contributed by atoms with E-state index in [2.05, 4.69) is 10.6 Å². The number of hydrogen-bond donors (Lipinski definition) is 2. The van der Waals surface area contributed by atoms with Crippen LogP contribution < -0.4 is 10.6 Å². The zero-order valence-corrected chi connectivity index (χ0v) is 13.2. The van der Waals surface area contributed by atoms with E-state index in [0.29, 0.717) is 13.1 Å². The predicted octanol–water partition coefficient (Wildman–Crippen LogP) is 2.17. The molecule has 1 aromatic carbocycles. The van der Waals surface area contributed by atoms with Gasteiger partial charge in [0.1, 0.15) is 6.61 Å². The summed E-state index contributed by atoms with van der Waals surface area (Å²) in [6.45, 7) is 4.73. The average molecular weight is 310 g/mol. The minimum atomic E-state index is -0.256. The number of carbonyl (C=O) groups is 2. The SMILES string of the molecule is CCNC(=O)NCCOC(=O)C(C)SCc1ccccc1. The molecule has 1 unspecified atom stereocenters. The molecule has 0 aliphatic carbocycles. The van der Waals surface area contributed by atoms with Gasteiger partial charge in [0.15, 0.2) is 0 Å². The second kappa shape index (κ2) is 10.1. The number of benzene rings is 1. The first-order valence-electron chi connectivity index (χ1n) is 6.97. The number of esters is 1. The van der Waals surface area contributed by atoms with E-state index in [1.165, 1.54) is 17.3 Å². The number of urea groups is 1. The molecule has 0 bridgehead atoms. The first-order chi connectivity index (χ1) is 10.1. The molecular formula is C15H22N2O3S. The van der Waals surface area contributed by atoms with Crippen molar-refractivity contribution in [2.45, 2.75) is 24.9 Å². The average Bonchev–Trinajstić information content (AvgIpc) is 2.50. The van der Waals surface area contributed by atoms with Crippen molar-refractivity contribution in [2.24, 2.45) is 0 Å². The van der Waals surface area contributed by atoms with Crippen molar-refractivity contribution in [3.63, 3.8) is 0 Å². The Labute approximate surface area is 129 Å². The molecule has 6 heteroatoms. The Hall–Kier alpha value is -1.69. The Morgan fingerprint density at radius 2 is 1.95 bits per heavy atom. The van der Waals surface area contributed by atoms with Crippen molar-refractivity contribution < 1.29 is 14.3 Å². The fourth-order valence-corrected chi connectivity index (χ4v) is 2.36. The summed E-state index contributed by atoms with van der Waals surface area (Å²) in [6.07, 6.45) is 0. The monoisotopic (exact) mass is 310 g/mol. The Morgan fingerprint density at radius 3 is 2.62 bits per heavy atom. The molecule has 1 atom stereocenters. The Balaban J connectivity index is 2.15. The predicted molar refractivity (Wildman–Crippen MR) is 85.2 cm³/mol. The van der Waals surface area contributed by atoms with Crippen LogP contribution >= 0.6 is 11.8 Å². The minimum absolute atomic E-state index is 0.187. The summed E-state index contributed by atoms with van der Waals surface area (Å²) in [5.74, 6) is 0.516. The number of hydrogen-bond acceptors (Lipinski definition) is 4. The van der Waals surface area contributed by atoms with Crippen molar-refractivity contribution in [3.8, 4) is 0 Å². The second-order valence-electron chi connectivity index (χ2n) is 4.39. The quantitative estimate of drug-likeness (QED) is 0.570. The second-order valence-corrected chi connectivity index (χ2v) is 5.72. The van der Waals surface area contributed by atoms with Gasteiger partial charge < -0.3 is 15.4 Å². The lowest BCUT2D eigenvalue weighted by Crippen LogP contribution is -2.37. The zero-order chi connectivity index (χ0) is 15.5. The standard InChI is InChI=1S/C15H22N2O3S/c1-3-16-15(19)17-9-10-20-14(18)12(2)21-11-13-7-5-4-6-8-13/h4-8,12H,3,9-11H2,1-2H3,(H2,16,17,19). The van der Waals surface area contributed by atoms with Gasteiger partial charge in [0, 0.05) is 12.3 Å². The van der Waals surface area contributed by atoms with E-state index in [1.54, 1.807) is 0 Å². The molecule has 0 saturated carbocycles. The van der Waals surface area contributed by atoms with E-state index < -0.39 is 0 Å². The van der Waals surface area contributed by atoms with E-state index in [4.69, 9.17) is 4.74 Å². The number of carbonyl (C=O) groups excluding carboxylic acids is 2. The maximum atomic E-state index is 11.8. The van der Waals surface area contributed by atoms with Crippen molar-refractivity contribution in [1.29, 1.82) is 0 Å². The van der Waals surface area contributed by atoms with Crippen LogP contribution in [0.3, 0.4) is 0 Å². The first kappa shape index (κ1) is 17.4. The molecule has 116 valence electrons. The lowest BCUT2D eigenvalue weighted by atomic mass is 10.2. The first-order valence-corrected chi connectivity index (χ1v) is 8.02. The van der Waals surface area contributed by atoms with Crippen LogP contribution in [0.25, 0.3) is 0 Å². The molecule has 0 fully saturated rings. The summed E-state index contributed by atoms with van der Waals surface area (Å²) >= 11 is 1.54. The van der Waals surface area contributed by atoms with Gasteiger partial charge in [0.2, 0.25) is 0 Å². The van der Waals surface area contributed by atoms with E-state index in [0.717, 1.165) is 5.75 Å². The molecule has 21 heavy (non-hydrogen) atoms. The molecule has 0 spiro atoms. The molecule has 1 rings (SSSR count). The summed E-state index contributed by atoms with van der Waals surface area (Å²) < 4.78 is 5.12. The molecular weight excluding hydrogens is 288 g/mol. The van der Waals surface area contributed by atoms with E-state index in [9.17, 15) is 9.59 Å². The lowest BCUT2D eigenvalue weighted by Gasteiger charge is -2.12. The molecule has 0 heterocycles. The van der Waals surface area contributed by atoms with Crippen LogP contribution in [0.2, 0.25) is 0 Å². The highest BCUT2D eigenvalue weighted by Gasteiger charge is 2.14. The fourth-order valence-electron chi connectivity index (χ4n) is 1.52. The Morgan fingerprint density at radius 1 is 1.24 bits per heavy atom. The fraction of sp³-hybridized carbons (Fsp3) is 0.467. The van der Waals surface area contributed by atoms with Crippen molar-refractivity contribution in [3.05, 3.63) is 35.9 Å². The summed E-state index contributed by atoms with van der Waals surface area (Å²) in [5.41, 5.74) is 1.18. The Bertz CT molecular complexity index is 440. The van der Waals surface area contributed by atoms with Crippen molar-refractivity contribution in [1.82, 2.24) is 10.6 Å². The Kier molecular flexibility index (Phi) is 8.35. The van der Waals surface area contributed by atoms with Crippen LogP contribution in [-0.2, 0) is 15.3 Å². The van der Waals surface area contributed by atoms with E-state index >= 15 is 0 Å². The summed E-state index contributed by atoms with van der Waals surface area (Å²) in [5, 5.41) is 4.97. The summed E-state index contributed by atoms with van der Waals surface area (Å²) in [4.78, 5) is 22.9. The van der Waals surface area contributed by atoms with Crippen LogP contribution in [0.1, 0.15) is 19.4 Å². The third-order valence-corrected chi connectivity index (χ3v) is 3.84. The highest BCUT2D eigenvalue weighted by atomic mass is 32.2. The number of nitrogens with one attached hydrogen (secondary N) is 2. The van der Waals surface area contributed by atoms with Gasteiger partial charge in [-0.3, -0.25) is 4.79 Å². The highest BCUT2D eigenvalue weighted by molar-refractivity contribution is 7.99. The van der Waals surface area contributed by atoms with Gasteiger partial charge in [-0.15, -0.1) is 11.8 Å². The van der Waals surface area contributed by atoms with Crippen LogP contribution in [0.5, 0.6) is 0 Å². The third-order valence-electron chi connectivity index (χ3n) is 2.64. The number of thioether (sulfide) groups is 1.